The zero-order valence-electron chi connectivity index (χ0n) is 15.2. The topological polar surface area (TPSA) is 89.1 Å². The van der Waals surface area contributed by atoms with E-state index in [-0.39, 0.29) is 29.3 Å². The van der Waals surface area contributed by atoms with Gasteiger partial charge in [-0.05, 0) is 31.9 Å². The van der Waals surface area contributed by atoms with E-state index in [4.69, 9.17) is 9.47 Å². The Labute approximate surface area is 155 Å². The van der Waals surface area contributed by atoms with E-state index >= 15 is 0 Å². The molecule has 0 aliphatic carbocycles. The Morgan fingerprint density at radius 2 is 1.96 bits per heavy atom. The Morgan fingerprint density at radius 3 is 2.56 bits per heavy atom. The lowest BCUT2D eigenvalue weighted by Gasteiger charge is -2.31. The van der Waals surface area contributed by atoms with Gasteiger partial charge >= 0.3 is 18.7 Å². The standard InChI is InChI=1S/C17H23F2N3O5/c1-3-26-17(24)22-8-6-11(7-9-22)20-16(23)21-12-4-5-13(25-2)14(10-12)27-15(18)19/h4-5,10-11,15H,3,6-9H2,1-2H3,(H2,20,21,23). The smallest absolute Gasteiger partial charge is 0.409 e. The van der Waals surface area contributed by atoms with Crippen LogP contribution in [0.1, 0.15) is 19.8 Å². The highest BCUT2D eigenvalue weighted by Crippen LogP contribution is 2.31. The Hall–Kier alpha value is -2.78. The Balaban J connectivity index is 1.86. The number of amides is 3. The lowest BCUT2D eigenvalue weighted by molar-refractivity contribution is -0.0511. The van der Waals surface area contributed by atoms with Crippen LogP contribution in [-0.4, -0.2) is 56.5 Å². The molecule has 0 aromatic heterocycles. The molecule has 1 fully saturated rings. The van der Waals surface area contributed by atoms with Gasteiger partial charge < -0.3 is 29.7 Å². The summed E-state index contributed by atoms with van der Waals surface area (Å²) in [6.45, 7) is 0.0243. The fourth-order valence-corrected chi connectivity index (χ4v) is 2.72. The summed E-state index contributed by atoms with van der Waals surface area (Å²) in [6.07, 6.45) is 0.827. The van der Waals surface area contributed by atoms with Crippen molar-refractivity contribution in [2.75, 3.05) is 32.1 Å². The van der Waals surface area contributed by atoms with Crippen LogP contribution in [0.25, 0.3) is 0 Å². The molecular weight excluding hydrogens is 364 g/mol. The zero-order chi connectivity index (χ0) is 19.8. The molecule has 0 spiro atoms. The van der Waals surface area contributed by atoms with E-state index in [1.165, 1.54) is 25.3 Å². The van der Waals surface area contributed by atoms with Crippen LogP contribution in [0.15, 0.2) is 18.2 Å². The van der Waals surface area contributed by atoms with E-state index in [0.29, 0.717) is 32.5 Å². The molecule has 0 bridgehead atoms. The number of alkyl halides is 2. The van der Waals surface area contributed by atoms with Crippen molar-refractivity contribution < 1.29 is 32.6 Å². The van der Waals surface area contributed by atoms with Gasteiger partial charge in [0, 0.05) is 30.9 Å². The number of anilines is 1. The Bertz CT molecular complexity index is 651. The van der Waals surface area contributed by atoms with Gasteiger partial charge in [-0.3, -0.25) is 0 Å². The molecule has 10 heteroatoms. The average Bonchev–Trinajstić information content (AvgIpc) is 2.62. The van der Waals surface area contributed by atoms with E-state index in [1.54, 1.807) is 11.8 Å². The van der Waals surface area contributed by atoms with E-state index in [0.717, 1.165) is 0 Å². The molecule has 1 aromatic rings. The lowest BCUT2D eigenvalue weighted by Crippen LogP contribution is -2.47. The van der Waals surface area contributed by atoms with Crippen LogP contribution in [0.4, 0.5) is 24.1 Å². The maximum atomic E-state index is 12.5. The Morgan fingerprint density at radius 1 is 1.26 bits per heavy atom. The molecule has 150 valence electrons. The molecule has 0 unspecified atom stereocenters. The largest absolute Gasteiger partial charge is 0.493 e. The van der Waals surface area contributed by atoms with Gasteiger partial charge in [0.25, 0.3) is 0 Å². The first kappa shape index (κ1) is 20.5. The summed E-state index contributed by atoms with van der Waals surface area (Å²) in [4.78, 5) is 25.4. The first-order valence-corrected chi connectivity index (χ1v) is 8.55. The molecule has 3 amide bonds. The van der Waals surface area contributed by atoms with Crippen LogP contribution < -0.4 is 20.1 Å². The number of ether oxygens (including phenoxy) is 3. The molecule has 2 rings (SSSR count). The minimum atomic E-state index is -3.01. The summed E-state index contributed by atoms with van der Waals surface area (Å²) in [5, 5.41) is 5.37. The molecule has 1 heterocycles. The second-order valence-electron chi connectivity index (χ2n) is 5.80. The van der Waals surface area contributed by atoms with Gasteiger partial charge in [0.2, 0.25) is 0 Å². The van der Waals surface area contributed by atoms with Crippen molar-refractivity contribution in [2.24, 2.45) is 0 Å². The maximum absolute atomic E-state index is 12.5. The number of halogens is 2. The van der Waals surface area contributed by atoms with Gasteiger partial charge in [-0.2, -0.15) is 8.78 Å². The van der Waals surface area contributed by atoms with Crippen LogP contribution in [-0.2, 0) is 4.74 Å². The second-order valence-corrected chi connectivity index (χ2v) is 5.80. The predicted octanol–water partition coefficient (Wildman–Crippen LogP) is 3.04. The minimum Gasteiger partial charge on any atom is -0.493 e. The molecule has 1 aliphatic rings. The van der Waals surface area contributed by atoms with Crippen LogP contribution in [0.5, 0.6) is 11.5 Å². The van der Waals surface area contributed by atoms with Gasteiger partial charge in [-0.1, -0.05) is 0 Å². The van der Waals surface area contributed by atoms with Crippen molar-refractivity contribution in [2.45, 2.75) is 32.4 Å². The molecule has 1 saturated heterocycles. The second kappa shape index (κ2) is 9.79. The molecule has 0 saturated carbocycles. The summed E-state index contributed by atoms with van der Waals surface area (Å²) < 4.78 is 39.2. The van der Waals surface area contributed by atoms with Crippen molar-refractivity contribution in [3.63, 3.8) is 0 Å². The monoisotopic (exact) mass is 387 g/mol. The van der Waals surface area contributed by atoms with Crippen molar-refractivity contribution in [1.29, 1.82) is 0 Å². The lowest BCUT2D eigenvalue weighted by atomic mass is 10.1. The summed E-state index contributed by atoms with van der Waals surface area (Å²) >= 11 is 0. The highest BCUT2D eigenvalue weighted by atomic mass is 19.3. The quantitative estimate of drug-likeness (QED) is 0.783. The molecule has 2 N–H and O–H groups in total. The summed E-state index contributed by atoms with van der Waals surface area (Å²) in [6, 6.07) is 3.61. The third-order valence-corrected chi connectivity index (χ3v) is 3.99. The molecule has 27 heavy (non-hydrogen) atoms. The number of hydrogen-bond acceptors (Lipinski definition) is 5. The van der Waals surface area contributed by atoms with Gasteiger partial charge in [0.15, 0.2) is 11.5 Å². The van der Waals surface area contributed by atoms with Crippen LogP contribution in [0.2, 0.25) is 0 Å². The summed E-state index contributed by atoms with van der Waals surface area (Å²) in [5.74, 6) is -0.0411. The first-order chi connectivity index (χ1) is 12.9. The number of urea groups is 1. The van der Waals surface area contributed by atoms with Crippen molar-refractivity contribution >= 4 is 17.8 Å². The molecule has 1 aromatic carbocycles. The van der Waals surface area contributed by atoms with E-state index in [2.05, 4.69) is 15.4 Å². The number of likely N-dealkylation sites (tertiary alicyclic amines) is 1. The normalized spacial score (nSPS) is 14.6. The van der Waals surface area contributed by atoms with Crippen LogP contribution >= 0.6 is 0 Å². The first-order valence-electron chi connectivity index (χ1n) is 8.55. The van der Waals surface area contributed by atoms with Crippen molar-refractivity contribution in [3.8, 4) is 11.5 Å². The number of carbonyl (C=O) groups excluding carboxylic acids is 2. The summed E-state index contributed by atoms with van der Waals surface area (Å²) in [7, 11) is 1.33. The third-order valence-electron chi connectivity index (χ3n) is 3.99. The van der Waals surface area contributed by atoms with Gasteiger partial charge in [0.1, 0.15) is 0 Å². The van der Waals surface area contributed by atoms with Gasteiger partial charge in [-0.25, -0.2) is 9.59 Å². The highest BCUT2D eigenvalue weighted by molar-refractivity contribution is 5.89. The number of nitrogens with zero attached hydrogens (tertiary/aromatic N) is 1. The average molecular weight is 387 g/mol. The molecule has 0 atom stereocenters. The van der Waals surface area contributed by atoms with Gasteiger partial charge in [0.05, 0.1) is 13.7 Å². The maximum Gasteiger partial charge on any atom is 0.409 e. The minimum absolute atomic E-state index is 0.106. The van der Waals surface area contributed by atoms with Crippen LogP contribution in [0.3, 0.4) is 0 Å². The number of carbonyl (C=O) groups is 2. The number of hydrogen-bond donors (Lipinski definition) is 2. The predicted molar refractivity (Wildman–Crippen MR) is 93.4 cm³/mol. The summed E-state index contributed by atoms with van der Waals surface area (Å²) in [5.41, 5.74) is 0.285. The van der Waals surface area contributed by atoms with E-state index in [1.807, 2.05) is 0 Å². The van der Waals surface area contributed by atoms with Crippen molar-refractivity contribution in [1.82, 2.24) is 10.2 Å². The highest BCUT2D eigenvalue weighted by Gasteiger charge is 2.24. The number of rotatable bonds is 6. The van der Waals surface area contributed by atoms with Crippen LogP contribution in [0, 0.1) is 0 Å². The Kier molecular flexibility index (Phi) is 7.44. The number of piperidine rings is 1. The number of benzene rings is 1. The zero-order valence-corrected chi connectivity index (χ0v) is 15.2. The molecular formula is C17H23F2N3O5. The van der Waals surface area contributed by atoms with Crippen molar-refractivity contribution in [3.05, 3.63) is 18.2 Å². The number of methoxy groups -OCH3 is 1. The molecule has 0 radical (unpaired) electrons. The fourth-order valence-electron chi connectivity index (χ4n) is 2.72. The third kappa shape index (κ3) is 6.15. The SMILES string of the molecule is CCOC(=O)N1CCC(NC(=O)Nc2ccc(OC)c(OC(F)F)c2)CC1. The number of nitrogens with one attached hydrogen (secondary N) is 2. The fraction of sp³-hybridized carbons (Fsp3) is 0.529. The molecule has 8 nitrogen and oxygen atoms in total. The van der Waals surface area contributed by atoms with E-state index < -0.39 is 12.6 Å². The molecule has 1 aliphatic heterocycles. The van der Waals surface area contributed by atoms with Gasteiger partial charge in [-0.15, -0.1) is 0 Å². The van der Waals surface area contributed by atoms with E-state index in [9.17, 15) is 18.4 Å².